The topological polar surface area (TPSA) is 217 Å². The largest absolute Gasteiger partial charge is 0.508 e. The van der Waals surface area contributed by atoms with Crippen LogP contribution in [0.4, 0.5) is 0 Å². The molecule has 13 nitrogen and oxygen atoms in total. The molecule has 0 bridgehead atoms. The van der Waals surface area contributed by atoms with Crippen molar-refractivity contribution in [3.63, 3.8) is 0 Å². The second-order valence-corrected chi connectivity index (χ2v) is 7.90. The fraction of sp³-hybridized carbons (Fsp3) is 0.304. The Morgan fingerprint density at radius 1 is 0.944 bits per heavy atom. The minimum Gasteiger partial charge on any atom is -0.508 e. The second kappa shape index (κ2) is 9.54. The van der Waals surface area contributed by atoms with Crippen molar-refractivity contribution in [1.82, 2.24) is 0 Å². The molecular weight excluding hydrogens is 484 g/mol. The van der Waals surface area contributed by atoms with Gasteiger partial charge >= 0.3 is 5.97 Å². The highest BCUT2D eigenvalue weighted by molar-refractivity contribution is 5.88. The van der Waals surface area contributed by atoms with Crippen LogP contribution in [0.25, 0.3) is 22.3 Å². The first-order chi connectivity index (χ1) is 17.0. The lowest BCUT2D eigenvalue weighted by Gasteiger charge is -2.38. The number of carbonyl (C=O) groups excluding carboxylic acids is 1. The monoisotopic (exact) mass is 506 g/mol. The maximum atomic E-state index is 13.4. The van der Waals surface area contributed by atoms with Gasteiger partial charge in [0.1, 0.15) is 40.8 Å². The highest BCUT2D eigenvalue weighted by Crippen LogP contribution is 2.39. The summed E-state index contributed by atoms with van der Waals surface area (Å²) in [5.74, 6) is -4.33. The molecule has 1 saturated heterocycles. The van der Waals surface area contributed by atoms with Gasteiger partial charge in [-0.3, -0.25) is 4.79 Å². The Hall–Kier alpha value is -4.04. The minimum absolute atomic E-state index is 0.0186. The van der Waals surface area contributed by atoms with Gasteiger partial charge in [-0.2, -0.15) is 0 Å². The molecule has 0 spiro atoms. The normalized spacial score (nSPS) is 23.9. The Labute approximate surface area is 201 Å². The van der Waals surface area contributed by atoms with Crippen LogP contribution in [-0.2, 0) is 14.3 Å². The zero-order valence-electron chi connectivity index (χ0n) is 18.6. The molecule has 1 aliphatic rings. The molecule has 36 heavy (non-hydrogen) atoms. The van der Waals surface area contributed by atoms with E-state index in [0.717, 1.165) is 24.3 Å². The van der Waals surface area contributed by atoms with Crippen LogP contribution in [0.3, 0.4) is 0 Å². The molecule has 0 amide bonds. The summed E-state index contributed by atoms with van der Waals surface area (Å²) < 4.78 is 21.3. The van der Waals surface area contributed by atoms with E-state index in [2.05, 4.69) is 0 Å². The Morgan fingerprint density at radius 3 is 2.33 bits per heavy atom. The van der Waals surface area contributed by atoms with Gasteiger partial charge in [-0.15, -0.1) is 0 Å². The van der Waals surface area contributed by atoms with Gasteiger partial charge in [0.25, 0.3) is 0 Å². The molecule has 192 valence electrons. The lowest BCUT2D eigenvalue weighted by molar-refractivity contribution is -0.272. The van der Waals surface area contributed by atoms with Gasteiger partial charge in [0.15, 0.2) is 23.4 Å². The van der Waals surface area contributed by atoms with E-state index in [-0.39, 0.29) is 17.8 Å². The van der Waals surface area contributed by atoms with Crippen LogP contribution in [0.1, 0.15) is 6.92 Å². The van der Waals surface area contributed by atoms with Crippen LogP contribution in [0.5, 0.6) is 28.7 Å². The first kappa shape index (κ1) is 25.1. The molecular formula is C23H22O13. The number of aromatic hydroxyl groups is 4. The van der Waals surface area contributed by atoms with E-state index in [4.69, 9.17) is 18.6 Å². The Bertz CT molecular complexity index is 1360. The molecule has 3 aromatic rings. The molecule has 5 atom stereocenters. The highest BCUT2D eigenvalue weighted by Gasteiger charge is 2.49. The third-order valence-corrected chi connectivity index (χ3v) is 5.48. The minimum atomic E-state index is -1.96. The number of phenols is 4. The summed E-state index contributed by atoms with van der Waals surface area (Å²) in [6.07, 6.45) is -9.49. The maximum Gasteiger partial charge on any atom is 0.338 e. The summed E-state index contributed by atoms with van der Waals surface area (Å²) in [7, 11) is 0. The molecule has 1 aromatic heterocycles. The summed E-state index contributed by atoms with van der Waals surface area (Å²) in [6, 6.07) is 5.26. The van der Waals surface area contributed by atoms with E-state index < -0.39 is 82.0 Å². The van der Waals surface area contributed by atoms with Crippen molar-refractivity contribution in [2.24, 2.45) is 0 Å². The summed E-state index contributed by atoms with van der Waals surface area (Å²) >= 11 is 0. The van der Waals surface area contributed by atoms with Crippen molar-refractivity contribution in [2.75, 3.05) is 6.61 Å². The predicted molar refractivity (Wildman–Crippen MR) is 119 cm³/mol. The SMILES string of the molecule is CCOC(=O)[C@H]1O[C@@H](Oc2c(-c3ccc(O)c(O)c3)oc3cc(O)cc(O)c3c2=O)C(O)C(O)[C@@H]1O. The van der Waals surface area contributed by atoms with Gasteiger partial charge in [-0.25, -0.2) is 4.79 Å². The van der Waals surface area contributed by atoms with Crippen LogP contribution in [0.2, 0.25) is 0 Å². The number of hydrogen-bond donors (Lipinski definition) is 7. The Balaban J connectivity index is 1.87. The molecule has 0 saturated carbocycles. The molecule has 2 aromatic carbocycles. The van der Waals surface area contributed by atoms with Crippen molar-refractivity contribution < 1.29 is 59.2 Å². The molecule has 0 radical (unpaired) electrons. The Morgan fingerprint density at radius 2 is 1.67 bits per heavy atom. The molecule has 13 heteroatoms. The highest BCUT2D eigenvalue weighted by atomic mass is 16.7. The average molecular weight is 506 g/mol. The summed E-state index contributed by atoms with van der Waals surface area (Å²) in [4.78, 5) is 25.6. The van der Waals surface area contributed by atoms with E-state index >= 15 is 0 Å². The van der Waals surface area contributed by atoms with Crippen molar-refractivity contribution in [3.8, 4) is 40.1 Å². The quantitative estimate of drug-likeness (QED) is 0.180. The first-order valence-corrected chi connectivity index (χ1v) is 10.6. The fourth-order valence-corrected chi connectivity index (χ4v) is 3.71. The maximum absolute atomic E-state index is 13.4. The first-order valence-electron chi connectivity index (χ1n) is 10.6. The van der Waals surface area contributed by atoms with E-state index in [9.17, 15) is 45.3 Å². The third kappa shape index (κ3) is 4.35. The van der Waals surface area contributed by atoms with Gasteiger partial charge in [0.2, 0.25) is 17.5 Å². The number of fused-ring (bicyclic) bond motifs is 1. The molecule has 7 N–H and O–H groups in total. The molecule has 2 unspecified atom stereocenters. The fourth-order valence-electron chi connectivity index (χ4n) is 3.71. The Kier molecular flexibility index (Phi) is 6.65. The van der Waals surface area contributed by atoms with Crippen LogP contribution < -0.4 is 10.2 Å². The van der Waals surface area contributed by atoms with Gasteiger partial charge in [-0.05, 0) is 25.1 Å². The van der Waals surface area contributed by atoms with Crippen molar-refractivity contribution in [2.45, 2.75) is 37.6 Å². The number of esters is 1. The van der Waals surface area contributed by atoms with Crippen molar-refractivity contribution >= 4 is 16.9 Å². The number of phenolic OH excluding ortho intramolecular Hbond substituents is 4. The molecule has 1 aliphatic heterocycles. The third-order valence-electron chi connectivity index (χ3n) is 5.48. The van der Waals surface area contributed by atoms with E-state index in [1.165, 1.54) is 13.0 Å². The van der Waals surface area contributed by atoms with Gasteiger partial charge in [0, 0.05) is 17.7 Å². The van der Waals surface area contributed by atoms with Gasteiger partial charge in [0.05, 0.1) is 6.61 Å². The number of carbonyl (C=O) groups is 1. The van der Waals surface area contributed by atoms with E-state index in [1.54, 1.807) is 0 Å². The molecule has 0 aliphatic carbocycles. The van der Waals surface area contributed by atoms with Crippen molar-refractivity contribution in [1.29, 1.82) is 0 Å². The summed E-state index contributed by atoms with van der Waals surface area (Å²) in [5, 5.41) is 70.0. The molecule has 4 rings (SSSR count). The van der Waals surface area contributed by atoms with Crippen LogP contribution in [-0.4, -0.2) is 79.0 Å². The second-order valence-electron chi connectivity index (χ2n) is 7.90. The zero-order chi connectivity index (χ0) is 26.3. The number of benzene rings is 2. The average Bonchev–Trinajstić information content (AvgIpc) is 2.82. The lowest BCUT2D eigenvalue weighted by atomic mass is 9.99. The molecule has 1 fully saturated rings. The van der Waals surface area contributed by atoms with Crippen LogP contribution >= 0.6 is 0 Å². The summed E-state index contributed by atoms with van der Waals surface area (Å²) in [5.41, 5.74) is -1.31. The standard InChI is InChI=1S/C23H22O13/c1-2-33-22(32)21-17(30)16(29)18(31)23(36-21)35-20-15(28)14-12(27)6-9(24)7-13(14)34-19(20)8-3-4-10(25)11(26)5-8/h3-7,16-18,21,23-27,29-31H,2H2,1H3/t16?,17-,18?,21-,23+/m0/s1. The number of aliphatic hydroxyl groups excluding tert-OH is 3. The van der Waals surface area contributed by atoms with Gasteiger partial charge in [-0.1, -0.05) is 0 Å². The number of aliphatic hydroxyl groups is 3. The smallest absolute Gasteiger partial charge is 0.338 e. The molecule has 2 heterocycles. The number of ether oxygens (including phenoxy) is 3. The van der Waals surface area contributed by atoms with E-state index in [1.807, 2.05) is 0 Å². The van der Waals surface area contributed by atoms with Crippen LogP contribution in [0.15, 0.2) is 39.5 Å². The summed E-state index contributed by atoms with van der Waals surface area (Å²) in [6.45, 7) is 1.42. The zero-order valence-corrected chi connectivity index (χ0v) is 18.6. The lowest BCUT2D eigenvalue weighted by Crippen LogP contribution is -2.61. The van der Waals surface area contributed by atoms with Crippen molar-refractivity contribution in [3.05, 3.63) is 40.6 Å². The predicted octanol–water partition coefficient (Wildman–Crippen LogP) is 0.0319. The number of hydrogen-bond acceptors (Lipinski definition) is 13. The van der Waals surface area contributed by atoms with Gasteiger partial charge < -0.3 is 54.4 Å². The van der Waals surface area contributed by atoms with Crippen LogP contribution in [0, 0.1) is 0 Å². The van der Waals surface area contributed by atoms with E-state index in [0.29, 0.717) is 0 Å². The number of rotatable bonds is 5.